The molecular weight excluding hydrogens is 280 g/mol. The highest BCUT2D eigenvalue weighted by molar-refractivity contribution is 5.67. The number of nitrogens with zero attached hydrogens (tertiary/aromatic N) is 2. The largest absolute Gasteiger partial charge is 0.493 e. The predicted octanol–water partition coefficient (Wildman–Crippen LogP) is 2.46. The molecule has 0 amide bonds. The molecule has 0 spiro atoms. The Bertz CT molecular complexity index is 693. The van der Waals surface area contributed by atoms with Crippen molar-refractivity contribution in [3.8, 4) is 17.0 Å². The number of ether oxygens (including phenoxy) is 1. The summed E-state index contributed by atoms with van der Waals surface area (Å²) < 4.78 is 7.05. The van der Waals surface area contributed by atoms with Crippen molar-refractivity contribution in [2.75, 3.05) is 6.61 Å². The van der Waals surface area contributed by atoms with Crippen molar-refractivity contribution in [2.24, 2.45) is 5.92 Å². The molecule has 0 aliphatic carbocycles. The van der Waals surface area contributed by atoms with Crippen LogP contribution in [0.3, 0.4) is 0 Å². The molecule has 0 aliphatic heterocycles. The second kappa shape index (κ2) is 7.22. The minimum Gasteiger partial charge on any atom is -0.493 e. The second-order valence-electron chi connectivity index (χ2n) is 5.52. The molecule has 0 radical (unpaired) electrons. The summed E-state index contributed by atoms with van der Waals surface area (Å²) in [5, 5.41) is 13.9. The van der Waals surface area contributed by atoms with E-state index in [4.69, 9.17) is 4.74 Å². The van der Waals surface area contributed by atoms with E-state index in [1.54, 1.807) is 6.07 Å². The van der Waals surface area contributed by atoms with Crippen molar-refractivity contribution in [2.45, 2.75) is 33.9 Å². The van der Waals surface area contributed by atoms with Gasteiger partial charge in [-0.15, -0.1) is 0 Å². The van der Waals surface area contributed by atoms with Gasteiger partial charge in [-0.25, -0.2) is 4.68 Å². The monoisotopic (exact) mass is 302 g/mol. The van der Waals surface area contributed by atoms with E-state index in [1.165, 1.54) is 4.68 Å². The minimum absolute atomic E-state index is 0.242. The van der Waals surface area contributed by atoms with Crippen LogP contribution < -0.4 is 10.3 Å². The first-order chi connectivity index (χ1) is 10.6. The van der Waals surface area contributed by atoms with Gasteiger partial charge in [0.05, 0.1) is 18.9 Å². The fraction of sp³-hybridized carbons (Fsp3) is 0.412. The van der Waals surface area contributed by atoms with Crippen LogP contribution in [0.15, 0.2) is 35.1 Å². The Balaban J connectivity index is 2.58. The highest BCUT2D eigenvalue weighted by Gasteiger charge is 2.13. The van der Waals surface area contributed by atoms with Gasteiger partial charge in [0.25, 0.3) is 5.56 Å². The second-order valence-corrected chi connectivity index (χ2v) is 5.52. The van der Waals surface area contributed by atoms with Gasteiger partial charge in [-0.2, -0.15) is 5.10 Å². The van der Waals surface area contributed by atoms with Gasteiger partial charge in [-0.05, 0) is 31.0 Å². The number of aliphatic hydroxyl groups is 1. The molecule has 0 saturated heterocycles. The van der Waals surface area contributed by atoms with Gasteiger partial charge >= 0.3 is 0 Å². The maximum Gasteiger partial charge on any atom is 0.272 e. The van der Waals surface area contributed by atoms with E-state index in [9.17, 15) is 9.90 Å². The predicted molar refractivity (Wildman–Crippen MR) is 85.9 cm³/mol. The molecular formula is C17H22N2O3. The summed E-state index contributed by atoms with van der Waals surface area (Å²) in [5.74, 6) is 1.00. The van der Waals surface area contributed by atoms with E-state index in [1.807, 2.05) is 45.0 Å². The third-order valence-electron chi connectivity index (χ3n) is 3.22. The van der Waals surface area contributed by atoms with Crippen LogP contribution in [0.4, 0.5) is 0 Å². The van der Waals surface area contributed by atoms with Gasteiger partial charge in [-0.1, -0.05) is 26.0 Å². The summed E-state index contributed by atoms with van der Waals surface area (Å²) in [4.78, 5) is 12.2. The van der Waals surface area contributed by atoms with E-state index >= 15 is 0 Å². The quantitative estimate of drug-likeness (QED) is 0.890. The van der Waals surface area contributed by atoms with Crippen LogP contribution in [0.25, 0.3) is 11.3 Å². The molecule has 0 atom stereocenters. The molecule has 1 heterocycles. The van der Waals surface area contributed by atoms with Crippen LogP contribution in [0.2, 0.25) is 0 Å². The van der Waals surface area contributed by atoms with Crippen molar-refractivity contribution < 1.29 is 9.84 Å². The molecule has 0 aliphatic rings. The van der Waals surface area contributed by atoms with Crippen molar-refractivity contribution in [3.05, 3.63) is 46.2 Å². The summed E-state index contributed by atoms with van der Waals surface area (Å²) in [7, 11) is 0. The van der Waals surface area contributed by atoms with Crippen LogP contribution in [0, 0.1) is 5.92 Å². The molecule has 5 nitrogen and oxygen atoms in total. The standard InChI is InChI=1S/C17H22N2O3/c1-4-22-16-8-6-5-7-14(16)15-9-13(11-20)17(21)19(18-15)10-12(2)3/h5-9,12,20H,4,10-11H2,1-3H3. The van der Waals surface area contributed by atoms with Gasteiger partial charge in [0.15, 0.2) is 0 Å². The Labute approximate surface area is 130 Å². The van der Waals surface area contributed by atoms with Crippen molar-refractivity contribution in [1.29, 1.82) is 0 Å². The van der Waals surface area contributed by atoms with Crippen LogP contribution >= 0.6 is 0 Å². The van der Waals surface area contributed by atoms with Crippen LogP contribution in [-0.4, -0.2) is 21.5 Å². The Hall–Kier alpha value is -2.14. The van der Waals surface area contributed by atoms with Crippen LogP contribution in [-0.2, 0) is 13.2 Å². The Morgan fingerprint density at radius 1 is 1.32 bits per heavy atom. The highest BCUT2D eigenvalue weighted by Crippen LogP contribution is 2.28. The van der Waals surface area contributed by atoms with Gasteiger partial charge in [0, 0.05) is 17.7 Å². The molecule has 22 heavy (non-hydrogen) atoms. The summed E-state index contributed by atoms with van der Waals surface area (Å²) in [6.45, 7) is 6.72. The van der Waals surface area contributed by atoms with E-state index in [0.717, 1.165) is 11.3 Å². The Kier molecular flexibility index (Phi) is 5.33. The number of benzene rings is 1. The highest BCUT2D eigenvalue weighted by atomic mass is 16.5. The summed E-state index contributed by atoms with van der Waals surface area (Å²) in [5.41, 5.74) is 1.55. The fourth-order valence-electron chi connectivity index (χ4n) is 2.27. The molecule has 118 valence electrons. The smallest absolute Gasteiger partial charge is 0.272 e. The first-order valence-corrected chi connectivity index (χ1v) is 7.50. The molecule has 1 aromatic carbocycles. The summed E-state index contributed by atoms with van der Waals surface area (Å²) in [6, 6.07) is 9.20. The number of rotatable bonds is 6. The zero-order valence-electron chi connectivity index (χ0n) is 13.2. The molecule has 5 heteroatoms. The topological polar surface area (TPSA) is 64.3 Å². The summed E-state index contributed by atoms with van der Waals surface area (Å²) >= 11 is 0. The first kappa shape index (κ1) is 16.2. The average Bonchev–Trinajstić information content (AvgIpc) is 2.50. The number of hydrogen-bond acceptors (Lipinski definition) is 4. The van der Waals surface area contributed by atoms with Gasteiger partial charge < -0.3 is 9.84 Å². The van der Waals surface area contributed by atoms with Crippen LogP contribution in [0.5, 0.6) is 5.75 Å². The number of hydrogen-bond donors (Lipinski definition) is 1. The zero-order chi connectivity index (χ0) is 16.1. The normalized spacial score (nSPS) is 11.0. The first-order valence-electron chi connectivity index (χ1n) is 7.50. The lowest BCUT2D eigenvalue weighted by atomic mass is 10.1. The lowest BCUT2D eigenvalue weighted by Crippen LogP contribution is -2.28. The van der Waals surface area contributed by atoms with Crippen LogP contribution in [0.1, 0.15) is 26.3 Å². The number of aliphatic hydroxyl groups excluding tert-OH is 1. The van der Waals surface area contributed by atoms with E-state index in [-0.39, 0.29) is 18.1 Å². The SMILES string of the molecule is CCOc1ccccc1-c1cc(CO)c(=O)n(CC(C)C)n1. The Morgan fingerprint density at radius 2 is 2.05 bits per heavy atom. The van der Waals surface area contributed by atoms with Crippen molar-refractivity contribution >= 4 is 0 Å². The average molecular weight is 302 g/mol. The molecule has 0 saturated carbocycles. The third kappa shape index (κ3) is 3.54. The molecule has 0 bridgehead atoms. The zero-order valence-corrected chi connectivity index (χ0v) is 13.2. The maximum absolute atomic E-state index is 12.2. The van der Waals surface area contributed by atoms with Crippen molar-refractivity contribution in [1.82, 2.24) is 9.78 Å². The van der Waals surface area contributed by atoms with Gasteiger partial charge in [0.1, 0.15) is 5.75 Å². The number of para-hydroxylation sites is 1. The molecule has 0 unspecified atom stereocenters. The molecule has 1 N–H and O–H groups in total. The van der Waals surface area contributed by atoms with E-state index in [2.05, 4.69) is 5.10 Å². The minimum atomic E-state index is -0.302. The molecule has 1 aromatic heterocycles. The molecule has 2 rings (SSSR count). The van der Waals surface area contributed by atoms with Gasteiger partial charge in [-0.3, -0.25) is 4.79 Å². The van der Waals surface area contributed by atoms with E-state index in [0.29, 0.717) is 24.4 Å². The molecule has 0 fully saturated rings. The van der Waals surface area contributed by atoms with Crippen molar-refractivity contribution in [3.63, 3.8) is 0 Å². The maximum atomic E-state index is 12.2. The lowest BCUT2D eigenvalue weighted by molar-refractivity contribution is 0.277. The fourth-order valence-corrected chi connectivity index (χ4v) is 2.27. The summed E-state index contributed by atoms with van der Waals surface area (Å²) in [6.07, 6.45) is 0. The number of aromatic nitrogens is 2. The van der Waals surface area contributed by atoms with Gasteiger partial charge in [0.2, 0.25) is 0 Å². The lowest BCUT2D eigenvalue weighted by Gasteiger charge is -2.14. The molecule has 2 aromatic rings. The Morgan fingerprint density at radius 3 is 2.68 bits per heavy atom. The third-order valence-corrected chi connectivity index (χ3v) is 3.22. The van der Waals surface area contributed by atoms with E-state index < -0.39 is 0 Å².